The Balaban J connectivity index is 1.47. The van der Waals surface area contributed by atoms with Gasteiger partial charge in [-0.15, -0.1) is 0 Å². The first-order valence-electron chi connectivity index (χ1n) is 10.1. The maximum atomic E-state index is 13.2. The highest BCUT2D eigenvalue weighted by molar-refractivity contribution is 6.30. The van der Waals surface area contributed by atoms with E-state index in [9.17, 15) is 9.18 Å². The largest absolute Gasteiger partial charge is 0.335 e. The number of fused-ring (bicyclic) bond motifs is 1. The van der Waals surface area contributed by atoms with Crippen LogP contribution in [-0.4, -0.2) is 64.9 Å². The standard InChI is InChI=1S/C23H27ClFN3O/c1-23(2)16-27(22(29)18-5-7-19(24)8-6-18)15-21-14-26(11-12-28(21)23)13-17-3-9-20(25)10-4-17/h3-10,21H,11-16H2,1-2H3. The predicted molar refractivity (Wildman–Crippen MR) is 114 cm³/mol. The van der Waals surface area contributed by atoms with Gasteiger partial charge in [0.15, 0.2) is 0 Å². The Morgan fingerprint density at radius 1 is 1.07 bits per heavy atom. The highest BCUT2D eigenvalue weighted by Crippen LogP contribution is 2.29. The lowest BCUT2D eigenvalue weighted by Gasteiger charge is -2.55. The average Bonchev–Trinajstić information content (AvgIpc) is 2.69. The maximum Gasteiger partial charge on any atom is 0.253 e. The Bertz CT molecular complexity index is 869. The predicted octanol–water partition coefficient (Wildman–Crippen LogP) is 3.90. The van der Waals surface area contributed by atoms with Crippen LogP contribution in [0.3, 0.4) is 0 Å². The lowest BCUT2D eigenvalue weighted by Crippen LogP contribution is -2.70. The second-order valence-corrected chi connectivity index (χ2v) is 9.15. The number of nitrogens with zero attached hydrogens (tertiary/aromatic N) is 3. The van der Waals surface area contributed by atoms with Crippen molar-refractivity contribution < 1.29 is 9.18 Å². The van der Waals surface area contributed by atoms with Crippen LogP contribution in [0.5, 0.6) is 0 Å². The van der Waals surface area contributed by atoms with Gasteiger partial charge in [0.05, 0.1) is 0 Å². The monoisotopic (exact) mass is 415 g/mol. The summed E-state index contributed by atoms with van der Waals surface area (Å²) in [4.78, 5) is 20.0. The number of hydrogen-bond donors (Lipinski definition) is 0. The van der Waals surface area contributed by atoms with Gasteiger partial charge in [0.1, 0.15) is 5.82 Å². The van der Waals surface area contributed by atoms with Crippen LogP contribution in [0, 0.1) is 5.82 Å². The van der Waals surface area contributed by atoms with Crippen molar-refractivity contribution in [2.24, 2.45) is 0 Å². The zero-order valence-corrected chi connectivity index (χ0v) is 17.7. The quantitative estimate of drug-likeness (QED) is 0.760. The van der Waals surface area contributed by atoms with Crippen LogP contribution in [-0.2, 0) is 6.54 Å². The van der Waals surface area contributed by atoms with Crippen LogP contribution in [0.4, 0.5) is 4.39 Å². The Morgan fingerprint density at radius 3 is 2.45 bits per heavy atom. The van der Waals surface area contributed by atoms with E-state index >= 15 is 0 Å². The topological polar surface area (TPSA) is 26.8 Å². The third kappa shape index (κ3) is 4.47. The van der Waals surface area contributed by atoms with Crippen molar-refractivity contribution in [2.75, 3.05) is 32.7 Å². The summed E-state index contributed by atoms with van der Waals surface area (Å²) in [6.07, 6.45) is 0. The van der Waals surface area contributed by atoms with Gasteiger partial charge < -0.3 is 4.90 Å². The number of hydrogen-bond acceptors (Lipinski definition) is 3. The molecule has 2 aliphatic heterocycles. The summed E-state index contributed by atoms with van der Waals surface area (Å²) in [6.45, 7) is 9.51. The molecular weight excluding hydrogens is 389 g/mol. The molecular formula is C23H27ClFN3O. The zero-order valence-electron chi connectivity index (χ0n) is 16.9. The minimum absolute atomic E-state index is 0.0602. The number of carbonyl (C=O) groups is 1. The van der Waals surface area contributed by atoms with Gasteiger partial charge in [-0.2, -0.15) is 0 Å². The molecule has 2 aliphatic rings. The average molecular weight is 416 g/mol. The number of benzene rings is 2. The van der Waals surface area contributed by atoms with Crippen LogP contribution < -0.4 is 0 Å². The van der Waals surface area contributed by atoms with E-state index in [1.807, 2.05) is 17.0 Å². The molecule has 6 heteroatoms. The molecule has 0 aromatic heterocycles. The molecule has 0 saturated carbocycles. The van der Waals surface area contributed by atoms with Gasteiger partial charge in [-0.25, -0.2) is 4.39 Å². The van der Waals surface area contributed by atoms with Crippen LogP contribution >= 0.6 is 11.6 Å². The first-order chi connectivity index (χ1) is 13.8. The van der Waals surface area contributed by atoms with E-state index in [1.54, 1.807) is 24.3 Å². The van der Waals surface area contributed by atoms with Crippen LogP contribution in [0.2, 0.25) is 5.02 Å². The van der Waals surface area contributed by atoms with E-state index < -0.39 is 0 Å². The minimum atomic E-state index is -0.205. The second kappa shape index (κ2) is 8.05. The molecule has 2 aromatic rings. The summed E-state index contributed by atoms with van der Waals surface area (Å²) in [5.74, 6) is -0.144. The van der Waals surface area contributed by atoms with Crippen molar-refractivity contribution >= 4 is 17.5 Å². The molecule has 0 spiro atoms. The van der Waals surface area contributed by atoms with Gasteiger partial charge >= 0.3 is 0 Å². The number of amides is 1. The van der Waals surface area contributed by atoms with Crippen molar-refractivity contribution in [1.82, 2.24) is 14.7 Å². The summed E-state index contributed by atoms with van der Waals surface area (Å²) in [7, 11) is 0. The Hall–Kier alpha value is -1.95. The lowest BCUT2D eigenvalue weighted by molar-refractivity contribution is -0.0577. The molecule has 0 radical (unpaired) electrons. The first kappa shape index (κ1) is 20.3. The fraction of sp³-hybridized carbons (Fsp3) is 0.435. The lowest BCUT2D eigenvalue weighted by atomic mass is 9.92. The van der Waals surface area contributed by atoms with Crippen LogP contribution in [0.1, 0.15) is 29.8 Å². The molecule has 2 aromatic carbocycles. The van der Waals surface area contributed by atoms with E-state index in [1.165, 1.54) is 12.1 Å². The van der Waals surface area contributed by atoms with Gasteiger partial charge in [0, 0.05) is 61.4 Å². The summed E-state index contributed by atoms with van der Waals surface area (Å²) < 4.78 is 13.2. The SMILES string of the molecule is CC1(C)CN(C(=O)c2ccc(Cl)cc2)CC2CN(Cc3ccc(F)cc3)CCN21. The van der Waals surface area contributed by atoms with Crippen molar-refractivity contribution in [3.63, 3.8) is 0 Å². The Morgan fingerprint density at radius 2 is 1.76 bits per heavy atom. The van der Waals surface area contributed by atoms with Crippen molar-refractivity contribution in [3.05, 3.63) is 70.5 Å². The van der Waals surface area contributed by atoms with Gasteiger partial charge in [0.25, 0.3) is 5.91 Å². The van der Waals surface area contributed by atoms with Crippen molar-refractivity contribution in [2.45, 2.75) is 32.0 Å². The molecule has 1 unspecified atom stereocenters. The molecule has 1 atom stereocenters. The van der Waals surface area contributed by atoms with E-state index in [0.717, 1.165) is 31.7 Å². The fourth-order valence-corrected chi connectivity index (χ4v) is 4.80. The number of carbonyl (C=O) groups excluding carboxylic acids is 1. The van der Waals surface area contributed by atoms with Gasteiger partial charge in [0.2, 0.25) is 0 Å². The number of rotatable bonds is 3. The smallest absolute Gasteiger partial charge is 0.253 e. The molecule has 2 heterocycles. The summed E-state index contributed by atoms with van der Waals surface area (Å²) >= 11 is 5.97. The van der Waals surface area contributed by atoms with Crippen LogP contribution in [0.25, 0.3) is 0 Å². The molecule has 0 aliphatic carbocycles. The fourth-order valence-electron chi connectivity index (χ4n) is 4.67. The molecule has 4 nitrogen and oxygen atoms in total. The molecule has 29 heavy (non-hydrogen) atoms. The second-order valence-electron chi connectivity index (χ2n) is 8.71. The molecule has 4 rings (SSSR count). The van der Waals surface area contributed by atoms with Gasteiger partial charge in [-0.1, -0.05) is 23.7 Å². The summed E-state index contributed by atoms with van der Waals surface area (Å²) in [5.41, 5.74) is 1.72. The third-order valence-electron chi connectivity index (χ3n) is 6.05. The van der Waals surface area contributed by atoms with E-state index in [0.29, 0.717) is 23.7 Å². The maximum absolute atomic E-state index is 13.2. The van der Waals surface area contributed by atoms with Gasteiger partial charge in [-0.3, -0.25) is 14.6 Å². The first-order valence-corrected chi connectivity index (χ1v) is 10.5. The Kier molecular flexibility index (Phi) is 5.65. The minimum Gasteiger partial charge on any atom is -0.335 e. The molecule has 0 N–H and O–H groups in total. The van der Waals surface area contributed by atoms with E-state index in [2.05, 4.69) is 23.6 Å². The molecule has 1 amide bonds. The normalized spacial score (nSPS) is 22.3. The van der Waals surface area contributed by atoms with Crippen molar-refractivity contribution in [1.29, 1.82) is 0 Å². The molecule has 0 bridgehead atoms. The molecule has 2 saturated heterocycles. The van der Waals surface area contributed by atoms with E-state index in [-0.39, 0.29) is 23.3 Å². The number of piperazine rings is 2. The van der Waals surface area contributed by atoms with E-state index in [4.69, 9.17) is 11.6 Å². The molecule has 154 valence electrons. The zero-order chi connectivity index (χ0) is 20.6. The van der Waals surface area contributed by atoms with Gasteiger partial charge in [-0.05, 0) is 55.8 Å². The third-order valence-corrected chi connectivity index (χ3v) is 6.30. The number of halogens is 2. The van der Waals surface area contributed by atoms with Crippen molar-refractivity contribution in [3.8, 4) is 0 Å². The summed E-state index contributed by atoms with van der Waals surface area (Å²) in [5, 5.41) is 0.635. The summed E-state index contributed by atoms with van der Waals surface area (Å²) in [6, 6.07) is 14.1. The molecule has 2 fully saturated rings. The highest BCUT2D eigenvalue weighted by Gasteiger charge is 2.43. The van der Waals surface area contributed by atoms with Crippen LogP contribution in [0.15, 0.2) is 48.5 Å². The highest BCUT2D eigenvalue weighted by atomic mass is 35.5. The Labute approximate surface area is 176 Å².